The van der Waals surface area contributed by atoms with Crippen molar-refractivity contribution in [3.05, 3.63) is 46.3 Å². The summed E-state index contributed by atoms with van der Waals surface area (Å²) in [5.41, 5.74) is 6.91. The fourth-order valence-corrected chi connectivity index (χ4v) is 4.98. The van der Waals surface area contributed by atoms with E-state index >= 15 is 0 Å². The Kier molecular flexibility index (Phi) is 3.43. The van der Waals surface area contributed by atoms with Crippen molar-refractivity contribution < 1.29 is 13.2 Å². The number of hydrogen-bond donors (Lipinski definition) is 2. The number of hydrogen-bond acceptors (Lipinski definition) is 3. The lowest BCUT2D eigenvalue weighted by molar-refractivity contribution is -0.110. The molecule has 2 aromatic rings. The monoisotopic (exact) mass is 354 g/mol. The third-order valence-electron chi connectivity index (χ3n) is 5.19. The molecule has 5 nitrogen and oxygen atoms in total. The molecule has 3 aliphatic rings. The average Bonchev–Trinajstić information content (AvgIpc) is 3.16. The summed E-state index contributed by atoms with van der Waals surface area (Å²) in [5.74, 6) is -0.103. The molecule has 25 heavy (non-hydrogen) atoms. The van der Waals surface area contributed by atoms with Gasteiger partial charge < -0.3 is 10.3 Å². The van der Waals surface area contributed by atoms with Gasteiger partial charge in [0.1, 0.15) is 0 Å². The van der Waals surface area contributed by atoms with Crippen molar-refractivity contribution in [2.24, 2.45) is 0 Å². The summed E-state index contributed by atoms with van der Waals surface area (Å²) in [5, 5.41) is 2.93. The molecule has 0 radical (unpaired) electrons. The zero-order valence-electron chi connectivity index (χ0n) is 13.7. The molecule has 0 spiro atoms. The summed E-state index contributed by atoms with van der Waals surface area (Å²) < 4.78 is 17.4. The Bertz CT molecular complexity index is 934. The highest BCUT2D eigenvalue weighted by molar-refractivity contribution is 7.80. The third kappa shape index (κ3) is 2.40. The van der Waals surface area contributed by atoms with Crippen LogP contribution in [-0.2, 0) is 39.3 Å². The molecule has 2 aliphatic heterocycles. The highest BCUT2D eigenvalue weighted by Crippen LogP contribution is 2.40. The van der Waals surface area contributed by atoms with Crippen LogP contribution in [0.5, 0.6) is 0 Å². The van der Waals surface area contributed by atoms with Crippen LogP contribution < -0.4 is 5.32 Å². The van der Waals surface area contributed by atoms with E-state index in [1.54, 1.807) is 6.07 Å². The molecule has 1 unspecified atom stereocenters. The van der Waals surface area contributed by atoms with Crippen LogP contribution >= 0.6 is 0 Å². The zero-order valence-corrected chi connectivity index (χ0v) is 14.5. The van der Waals surface area contributed by atoms with Gasteiger partial charge in [-0.2, -0.15) is 0 Å². The molecule has 1 amide bonds. The lowest BCUT2D eigenvalue weighted by atomic mass is 9.97. The van der Waals surface area contributed by atoms with Crippen LogP contribution in [0.3, 0.4) is 0 Å². The number of aryl methyl sites for hydroxylation is 2. The van der Waals surface area contributed by atoms with E-state index in [2.05, 4.69) is 16.4 Å². The lowest BCUT2D eigenvalue weighted by Crippen LogP contribution is -2.14. The molecule has 128 valence electrons. The van der Waals surface area contributed by atoms with Gasteiger partial charge in [0.2, 0.25) is 0 Å². The molecule has 1 atom stereocenters. The van der Waals surface area contributed by atoms with Crippen LogP contribution in [0.4, 0.5) is 5.69 Å². The van der Waals surface area contributed by atoms with Gasteiger partial charge in [-0.15, -0.1) is 0 Å². The number of carbonyl (C=O) groups is 1. The molecule has 6 heteroatoms. The molecule has 1 aromatic carbocycles. The maximum absolute atomic E-state index is 12.5. The summed E-state index contributed by atoms with van der Waals surface area (Å²) >= 11 is -1.45. The number of rotatable bonds is 1. The van der Waals surface area contributed by atoms with E-state index in [9.17, 15) is 9.00 Å². The molecule has 0 saturated carbocycles. The minimum absolute atomic E-state index is 0.103. The van der Waals surface area contributed by atoms with Gasteiger partial charge in [0, 0.05) is 22.6 Å². The first-order valence-corrected chi connectivity index (χ1v) is 9.73. The van der Waals surface area contributed by atoms with Crippen LogP contribution in [0.25, 0.3) is 11.6 Å². The maximum Gasteiger partial charge on any atom is 0.256 e. The second kappa shape index (κ2) is 5.68. The van der Waals surface area contributed by atoms with Gasteiger partial charge in [0.05, 0.1) is 17.1 Å². The van der Waals surface area contributed by atoms with Crippen molar-refractivity contribution in [1.29, 1.82) is 0 Å². The van der Waals surface area contributed by atoms with E-state index in [0.717, 1.165) is 35.3 Å². The quantitative estimate of drug-likeness (QED) is 0.774. The van der Waals surface area contributed by atoms with Crippen molar-refractivity contribution in [3.8, 4) is 0 Å². The van der Waals surface area contributed by atoms with Crippen LogP contribution in [0.2, 0.25) is 0 Å². The highest BCUT2D eigenvalue weighted by Gasteiger charge is 2.31. The topological polar surface area (TPSA) is 71.2 Å². The van der Waals surface area contributed by atoms with Crippen molar-refractivity contribution in [2.45, 2.75) is 37.0 Å². The first-order chi connectivity index (χ1) is 12.2. The van der Waals surface area contributed by atoms with Gasteiger partial charge >= 0.3 is 0 Å². The summed E-state index contributed by atoms with van der Waals surface area (Å²) in [6, 6.07) is 5.77. The number of benzene rings is 1. The lowest BCUT2D eigenvalue weighted by Gasteiger charge is -2.18. The fourth-order valence-electron chi connectivity index (χ4n) is 4.03. The second-order valence-electron chi connectivity index (χ2n) is 6.72. The Morgan fingerprint density at radius 3 is 2.92 bits per heavy atom. The average molecular weight is 354 g/mol. The summed E-state index contributed by atoms with van der Waals surface area (Å²) in [6.07, 6.45) is 7.21. The van der Waals surface area contributed by atoms with Crippen molar-refractivity contribution in [3.63, 3.8) is 0 Å². The number of aromatic nitrogens is 1. The number of fused-ring (bicyclic) bond motifs is 4. The molecule has 0 saturated heterocycles. The van der Waals surface area contributed by atoms with E-state index in [0.29, 0.717) is 23.5 Å². The number of H-pyrrole nitrogens is 1. The van der Waals surface area contributed by atoms with Crippen LogP contribution in [-0.4, -0.2) is 21.7 Å². The first kappa shape index (κ1) is 15.1. The minimum atomic E-state index is -1.45. The molecule has 0 fully saturated rings. The van der Waals surface area contributed by atoms with E-state index in [1.807, 2.05) is 12.1 Å². The highest BCUT2D eigenvalue weighted by atomic mass is 32.2. The molecular formula is C19H18N2O3S. The number of nitrogens with one attached hydrogen (secondary N) is 2. The molecule has 1 aliphatic carbocycles. The normalized spacial score (nSPS) is 23.1. The van der Waals surface area contributed by atoms with Crippen molar-refractivity contribution >= 4 is 34.3 Å². The smallest absolute Gasteiger partial charge is 0.256 e. The molecular weight excluding hydrogens is 336 g/mol. The molecule has 3 heterocycles. The first-order valence-electron chi connectivity index (χ1n) is 8.66. The summed E-state index contributed by atoms with van der Waals surface area (Å²) in [4.78, 5) is 16.7. The molecule has 0 bridgehead atoms. The second-order valence-corrected chi connectivity index (χ2v) is 7.86. The van der Waals surface area contributed by atoms with E-state index in [1.165, 1.54) is 24.1 Å². The van der Waals surface area contributed by atoms with Gasteiger partial charge in [0.15, 0.2) is 11.1 Å². The predicted octanol–water partition coefficient (Wildman–Crippen LogP) is 2.98. The largest absolute Gasteiger partial charge is 0.359 e. The Labute approximate surface area is 148 Å². The Morgan fingerprint density at radius 2 is 2.04 bits per heavy atom. The van der Waals surface area contributed by atoms with Crippen LogP contribution in [0, 0.1) is 0 Å². The molecule has 5 rings (SSSR count). The SMILES string of the molecule is O=C1Nc2ccc3c(c2/C1=C/c1cc2c([nH]1)CCCC2)CCOS3=O. The predicted molar refractivity (Wildman–Crippen MR) is 96.4 cm³/mol. The van der Waals surface area contributed by atoms with Crippen molar-refractivity contribution in [2.75, 3.05) is 11.9 Å². The van der Waals surface area contributed by atoms with Crippen LogP contribution in [0.15, 0.2) is 23.1 Å². The number of amides is 1. The third-order valence-corrected chi connectivity index (χ3v) is 6.31. The van der Waals surface area contributed by atoms with Gasteiger partial charge in [0.25, 0.3) is 5.91 Å². The van der Waals surface area contributed by atoms with Crippen molar-refractivity contribution in [1.82, 2.24) is 4.98 Å². The standard InChI is InChI=1S/C19H18N2O3S/c22-19-14(10-12-9-11-3-1-2-4-15(11)20-12)18-13-7-8-24-25(23)17(13)6-5-16(18)21-19/h5-6,9-10,20H,1-4,7-8H2,(H,21,22)/b14-10-. The minimum Gasteiger partial charge on any atom is -0.359 e. The summed E-state index contributed by atoms with van der Waals surface area (Å²) in [6.45, 7) is 0.411. The van der Waals surface area contributed by atoms with E-state index < -0.39 is 11.1 Å². The number of aromatic amines is 1. The Balaban J connectivity index is 1.64. The molecule has 1 aromatic heterocycles. The Morgan fingerprint density at radius 1 is 1.16 bits per heavy atom. The van der Waals surface area contributed by atoms with Gasteiger partial charge in [-0.05, 0) is 67.5 Å². The van der Waals surface area contributed by atoms with Gasteiger partial charge in [-0.1, -0.05) is 0 Å². The number of anilines is 1. The zero-order chi connectivity index (χ0) is 17.0. The molecule has 2 N–H and O–H groups in total. The Hall–Kier alpha value is -2.18. The van der Waals surface area contributed by atoms with E-state index in [-0.39, 0.29) is 5.91 Å². The van der Waals surface area contributed by atoms with Gasteiger partial charge in [-0.3, -0.25) is 8.98 Å². The maximum atomic E-state index is 12.5. The van der Waals surface area contributed by atoms with Crippen LogP contribution in [0.1, 0.15) is 40.9 Å². The summed E-state index contributed by atoms with van der Waals surface area (Å²) in [7, 11) is 0. The number of carbonyl (C=O) groups excluding carboxylic acids is 1. The fraction of sp³-hybridized carbons (Fsp3) is 0.316. The van der Waals surface area contributed by atoms with E-state index in [4.69, 9.17) is 4.18 Å². The van der Waals surface area contributed by atoms with Gasteiger partial charge in [-0.25, -0.2) is 4.21 Å².